The molecule has 0 fully saturated rings. The summed E-state index contributed by atoms with van der Waals surface area (Å²) in [6.45, 7) is 3.95. The molecule has 1 heterocycles. The zero-order chi connectivity index (χ0) is 12.0. The molecule has 0 radical (unpaired) electrons. The number of hydrogen-bond donors (Lipinski definition) is 4. The van der Waals surface area contributed by atoms with Crippen LogP contribution in [-0.2, 0) is 4.79 Å². The summed E-state index contributed by atoms with van der Waals surface area (Å²) in [6.07, 6.45) is 3.00. The fourth-order valence-corrected chi connectivity index (χ4v) is 1.06. The highest BCUT2D eigenvalue weighted by Crippen LogP contribution is 2.04. The van der Waals surface area contributed by atoms with Gasteiger partial charge in [0.1, 0.15) is 5.82 Å². The van der Waals surface area contributed by atoms with Crippen LogP contribution in [-0.4, -0.2) is 28.5 Å². The Bertz CT molecular complexity index is 354. The van der Waals surface area contributed by atoms with Crippen molar-refractivity contribution >= 4 is 17.5 Å². The summed E-state index contributed by atoms with van der Waals surface area (Å²) in [5.41, 5.74) is 2.37. The van der Waals surface area contributed by atoms with E-state index >= 15 is 0 Å². The molecule has 0 atom stereocenters. The Hall–Kier alpha value is -1.89. The molecule has 1 amide bonds. The number of nitrogens with zero attached hydrogens (tertiary/aromatic N) is 2. The van der Waals surface area contributed by atoms with E-state index in [9.17, 15) is 4.79 Å². The van der Waals surface area contributed by atoms with Crippen molar-refractivity contribution in [3.63, 3.8) is 0 Å². The molecule has 0 aliphatic heterocycles. The molecule has 0 spiro atoms. The second kappa shape index (κ2) is 5.86. The molecular weight excluding hydrogens is 208 g/mol. The van der Waals surface area contributed by atoms with Crippen molar-refractivity contribution in [2.45, 2.75) is 19.9 Å². The summed E-state index contributed by atoms with van der Waals surface area (Å²) in [7, 11) is 0. The lowest BCUT2D eigenvalue weighted by Gasteiger charge is -2.09. The first-order valence-corrected chi connectivity index (χ1v) is 4.93. The van der Waals surface area contributed by atoms with Crippen molar-refractivity contribution in [2.24, 2.45) is 5.84 Å². The molecule has 0 saturated carbocycles. The van der Waals surface area contributed by atoms with E-state index in [1.165, 1.54) is 12.4 Å². The van der Waals surface area contributed by atoms with E-state index in [0.29, 0.717) is 11.6 Å². The number of nitrogen functional groups attached to an aromatic ring is 1. The third-order valence-electron chi connectivity index (χ3n) is 1.66. The minimum Gasteiger partial charge on any atom is -0.360 e. The van der Waals surface area contributed by atoms with Crippen LogP contribution in [0.4, 0.5) is 11.6 Å². The Labute approximate surface area is 93.8 Å². The highest BCUT2D eigenvalue weighted by molar-refractivity contribution is 5.80. The normalized spacial score (nSPS) is 10.0. The van der Waals surface area contributed by atoms with Gasteiger partial charge < -0.3 is 16.1 Å². The molecule has 1 aromatic rings. The molecule has 1 aromatic heterocycles. The summed E-state index contributed by atoms with van der Waals surface area (Å²) in [6, 6.07) is 0.123. The third kappa shape index (κ3) is 4.09. The van der Waals surface area contributed by atoms with E-state index in [0.717, 1.165) is 0 Å². The summed E-state index contributed by atoms with van der Waals surface area (Å²) >= 11 is 0. The van der Waals surface area contributed by atoms with Gasteiger partial charge >= 0.3 is 0 Å². The molecule has 0 saturated heterocycles. The number of rotatable bonds is 5. The molecule has 5 N–H and O–H groups in total. The number of anilines is 2. The summed E-state index contributed by atoms with van der Waals surface area (Å²) in [4.78, 5) is 19.3. The molecule has 1 rings (SSSR count). The number of amides is 1. The maximum atomic E-state index is 11.3. The Kier molecular flexibility index (Phi) is 4.46. The maximum Gasteiger partial charge on any atom is 0.239 e. The lowest BCUT2D eigenvalue weighted by molar-refractivity contribution is -0.119. The highest BCUT2D eigenvalue weighted by Gasteiger charge is 2.03. The molecule has 7 nitrogen and oxygen atoms in total. The van der Waals surface area contributed by atoms with Crippen molar-refractivity contribution in [2.75, 3.05) is 17.3 Å². The molecule has 0 aliphatic rings. The van der Waals surface area contributed by atoms with Crippen LogP contribution in [0, 0.1) is 0 Å². The van der Waals surface area contributed by atoms with Crippen molar-refractivity contribution in [3.05, 3.63) is 12.4 Å². The van der Waals surface area contributed by atoms with Crippen LogP contribution in [0.3, 0.4) is 0 Å². The molecule has 0 unspecified atom stereocenters. The summed E-state index contributed by atoms with van der Waals surface area (Å²) in [5.74, 6) is 6.02. The average molecular weight is 224 g/mol. The minimum absolute atomic E-state index is 0.0945. The van der Waals surface area contributed by atoms with Crippen LogP contribution in [0.25, 0.3) is 0 Å². The van der Waals surface area contributed by atoms with Crippen LogP contribution < -0.4 is 21.9 Å². The smallest absolute Gasteiger partial charge is 0.239 e. The minimum atomic E-state index is -0.0945. The van der Waals surface area contributed by atoms with Gasteiger partial charge in [-0.2, -0.15) is 0 Å². The lowest BCUT2D eigenvalue weighted by Crippen LogP contribution is -2.35. The molecule has 16 heavy (non-hydrogen) atoms. The van der Waals surface area contributed by atoms with E-state index in [1.54, 1.807) is 0 Å². The van der Waals surface area contributed by atoms with Crippen LogP contribution >= 0.6 is 0 Å². The van der Waals surface area contributed by atoms with Crippen molar-refractivity contribution in [3.8, 4) is 0 Å². The predicted molar refractivity (Wildman–Crippen MR) is 61.6 cm³/mol. The number of nitrogens with one attached hydrogen (secondary N) is 3. The first-order valence-electron chi connectivity index (χ1n) is 4.93. The molecular formula is C9H16N6O. The number of hydrogen-bond acceptors (Lipinski definition) is 6. The molecule has 0 aromatic carbocycles. The van der Waals surface area contributed by atoms with Gasteiger partial charge in [-0.15, -0.1) is 0 Å². The monoisotopic (exact) mass is 224 g/mol. The first-order chi connectivity index (χ1) is 7.61. The Morgan fingerprint density at radius 2 is 2.12 bits per heavy atom. The molecule has 88 valence electrons. The van der Waals surface area contributed by atoms with Crippen molar-refractivity contribution in [1.82, 2.24) is 15.3 Å². The number of nitrogens with two attached hydrogens (primary N) is 1. The fourth-order valence-electron chi connectivity index (χ4n) is 1.06. The van der Waals surface area contributed by atoms with Gasteiger partial charge in [0.05, 0.1) is 18.9 Å². The topological polar surface area (TPSA) is 105 Å². The van der Waals surface area contributed by atoms with E-state index in [2.05, 4.69) is 26.0 Å². The van der Waals surface area contributed by atoms with Crippen LogP contribution in [0.1, 0.15) is 13.8 Å². The standard InChI is InChI=1S/C9H16N6O/c1-6(2)13-9(16)5-12-7-3-11-4-8(14-7)15-10/h3-4,6H,5,10H2,1-2H3,(H,13,16)(H2,12,14,15). The Morgan fingerprint density at radius 3 is 2.75 bits per heavy atom. The second-order valence-corrected chi connectivity index (χ2v) is 3.51. The van der Waals surface area contributed by atoms with E-state index in [-0.39, 0.29) is 18.5 Å². The Balaban J connectivity index is 2.45. The third-order valence-corrected chi connectivity index (χ3v) is 1.66. The molecule has 7 heteroatoms. The SMILES string of the molecule is CC(C)NC(=O)CNc1cncc(NN)n1. The molecule has 0 aliphatic carbocycles. The van der Waals surface area contributed by atoms with Gasteiger partial charge in [-0.25, -0.2) is 10.8 Å². The summed E-state index contributed by atoms with van der Waals surface area (Å²) < 4.78 is 0. The number of hydrazine groups is 1. The number of carbonyl (C=O) groups is 1. The van der Waals surface area contributed by atoms with Gasteiger partial charge in [0.15, 0.2) is 5.82 Å². The van der Waals surface area contributed by atoms with Crippen LogP contribution in [0.2, 0.25) is 0 Å². The molecule has 0 bridgehead atoms. The Morgan fingerprint density at radius 1 is 1.44 bits per heavy atom. The maximum absolute atomic E-state index is 11.3. The van der Waals surface area contributed by atoms with Crippen molar-refractivity contribution < 1.29 is 4.79 Å². The predicted octanol–water partition coefficient (Wildman–Crippen LogP) is -0.301. The van der Waals surface area contributed by atoms with Gasteiger partial charge in [0.2, 0.25) is 5.91 Å². The van der Waals surface area contributed by atoms with Crippen molar-refractivity contribution in [1.29, 1.82) is 0 Å². The van der Waals surface area contributed by atoms with Gasteiger partial charge in [0, 0.05) is 6.04 Å². The lowest BCUT2D eigenvalue weighted by atomic mass is 10.4. The van der Waals surface area contributed by atoms with E-state index in [4.69, 9.17) is 5.84 Å². The van der Waals surface area contributed by atoms with Gasteiger partial charge in [-0.05, 0) is 13.8 Å². The van der Waals surface area contributed by atoms with Gasteiger partial charge in [0.25, 0.3) is 0 Å². The summed E-state index contributed by atoms with van der Waals surface area (Å²) in [5, 5.41) is 5.59. The largest absolute Gasteiger partial charge is 0.360 e. The number of aromatic nitrogens is 2. The highest BCUT2D eigenvalue weighted by atomic mass is 16.1. The fraction of sp³-hybridized carbons (Fsp3) is 0.444. The van der Waals surface area contributed by atoms with E-state index in [1.807, 2.05) is 13.8 Å². The van der Waals surface area contributed by atoms with E-state index < -0.39 is 0 Å². The first kappa shape index (κ1) is 12.2. The average Bonchev–Trinajstić information content (AvgIpc) is 2.26. The quantitative estimate of drug-likeness (QED) is 0.404. The van der Waals surface area contributed by atoms with Gasteiger partial charge in [-0.1, -0.05) is 0 Å². The number of carbonyl (C=O) groups excluding carboxylic acids is 1. The van der Waals surface area contributed by atoms with Crippen LogP contribution in [0.5, 0.6) is 0 Å². The second-order valence-electron chi connectivity index (χ2n) is 3.51. The van der Waals surface area contributed by atoms with Crippen LogP contribution in [0.15, 0.2) is 12.4 Å². The zero-order valence-electron chi connectivity index (χ0n) is 9.32. The van der Waals surface area contributed by atoms with Gasteiger partial charge in [-0.3, -0.25) is 9.78 Å². The zero-order valence-corrected chi connectivity index (χ0v) is 9.32.